The van der Waals surface area contributed by atoms with E-state index in [2.05, 4.69) is 31.9 Å². The summed E-state index contributed by atoms with van der Waals surface area (Å²) in [6.07, 6.45) is 0. The molecule has 0 aliphatic rings. The van der Waals surface area contributed by atoms with Crippen molar-refractivity contribution >= 4 is 68.2 Å². The Bertz CT molecular complexity index is 813. The van der Waals surface area contributed by atoms with Crippen LogP contribution in [0, 0.1) is 0 Å². The van der Waals surface area contributed by atoms with E-state index >= 15 is 0 Å². The maximum Gasteiger partial charge on any atom is 0.313 e. The van der Waals surface area contributed by atoms with Gasteiger partial charge in [-0.25, -0.2) is 0 Å². The smallest absolute Gasteiger partial charge is 0.313 e. The van der Waals surface area contributed by atoms with Crippen molar-refractivity contribution in [2.45, 2.75) is 0 Å². The van der Waals surface area contributed by atoms with E-state index in [1.807, 2.05) is 0 Å². The highest BCUT2D eigenvalue weighted by atomic mass is 79.9. The predicted molar refractivity (Wildman–Crippen MR) is 101 cm³/mol. The first-order chi connectivity index (χ1) is 11.8. The summed E-state index contributed by atoms with van der Waals surface area (Å²) < 4.78 is 0.873. The van der Waals surface area contributed by atoms with Gasteiger partial charge in [0.2, 0.25) is 5.91 Å². The zero-order valence-electron chi connectivity index (χ0n) is 12.6. The zero-order valence-corrected chi connectivity index (χ0v) is 15.7. The molecular formula is C16H12BrCl2N3O3. The fraction of sp³-hybridized carbons (Fsp3) is 0.0625. The normalized spacial score (nSPS) is 10.0. The van der Waals surface area contributed by atoms with E-state index in [1.165, 1.54) is 18.2 Å². The summed E-state index contributed by atoms with van der Waals surface area (Å²) in [5.74, 6) is -2.33. The summed E-state index contributed by atoms with van der Waals surface area (Å²) in [5, 5.41) is 7.75. The van der Waals surface area contributed by atoms with Gasteiger partial charge in [0.1, 0.15) is 0 Å². The van der Waals surface area contributed by atoms with E-state index < -0.39 is 17.7 Å². The minimum absolute atomic E-state index is 0.244. The molecule has 0 radical (unpaired) electrons. The molecule has 0 spiro atoms. The summed E-state index contributed by atoms with van der Waals surface area (Å²) in [6, 6.07) is 11.3. The molecule has 9 heteroatoms. The third kappa shape index (κ3) is 6.04. The number of amides is 3. The average Bonchev–Trinajstić information content (AvgIpc) is 2.58. The maximum absolute atomic E-state index is 11.8. The third-order valence-corrected chi connectivity index (χ3v) is 4.19. The molecule has 0 fully saturated rings. The second-order valence-corrected chi connectivity index (χ2v) is 6.55. The number of benzene rings is 2. The molecule has 0 aliphatic heterocycles. The van der Waals surface area contributed by atoms with Crippen LogP contribution in [0.1, 0.15) is 0 Å². The SMILES string of the molecule is O=C(CNC(=O)C(=O)Nc1ccc(Cl)c(Cl)c1)Nc1ccc(Br)cc1. The third-order valence-electron chi connectivity index (χ3n) is 2.92. The van der Waals surface area contributed by atoms with Crippen molar-refractivity contribution in [3.8, 4) is 0 Å². The number of nitrogens with one attached hydrogen (secondary N) is 3. The molecule has 0 unspecified atom stereocenters. The zero-order chi connectivity index (χ0) is 18.4. The lowest BCUT2D eigenvalue weighted by molar-refractivity contribution is -0.136. The van der Waals surface area contributed by atoms with Crippen molar-refractivity contribution in [3.63, 3.8) is 0 Å². The Morgan fingerprint density at radius 3 is 2.12 bits per heavy atom. The van der Waals surface area contributed by atoms with Gasteiger partial charge < -0.3 is 16.0 Å². The molecule has 25 heavy (non-hydrogen) atoms. The largest absolute Gasteiger partial charge is 0.339 e. The highest BCUT2D eigenvalue weighted by Gasteiger charge is 2.15. The van der Waals surface area contributed by atoms with Gasteiger partial charge in [0, 0.05) is 15.8 Å². The van der Waals surface area contributed by atoms with Crippen LogP contribution in [-0.2, 0) is 14.4 Å². The molecule has 0 bridgehead atoms. The Labute approximate surface area is 162 Å². The summed E-state index contributed by atoms with van der Waals surface area (Å²) in [4.78, 5) is 35.3. The number of hydrogen-bond acceptors (Lipinski definition) is 3. The van der Waals surface area contributed by atoms with Crippen LogP contribution in [0.3, 0.4) is 0 Å². The topological polar surface area (TPSA) is 87.3 Å². The second kappa shape index (κ2) is 8.84. The van der Waals surface area contributed by atoms with Gasteiger partial charge in [0.25, 0.3) is 0 Å². The van der Waals surface area contributed by atoms with Gasteiger partial charge >= 0.3 is 11.8 Å². The number of carbonyl (C=O) groups is 3. The van der Waals surface area contributed by atoms with Gasteiger partial charge in [-0.3, -0.25) is 14.4 Å². The van der Waals surface area contributed by atoms with Gasteiger partial charge in [-0.15, -0.1) is 0 Å². The molecule has 6 nitrogen and oxygen atoms in total. The fourth-order valence-corrected chi connectivity index (χ4v) is 2.30. The van der Waals surface area contributed by atoms with Crippen LogP contribution >= 0.6 is 39.1 Å². The van der Waals surface area contributed by atoms with Crippen molar-refractivity contribution in [2.24, 2.45) is 0 Å². The minimum Gasteiger partial charge on any atom is -0.339 e. The summed E-state index contributed by atoms with van der Waals surface area (Å²) in [6.45, 7) is -0.344. The molecule has 3 N–H and O–H groups in total. The molecule has 0 aromatic heterocycles. The summed E-state index contributed by atoms with van der Waals surface area (Å²) in [7, 11) is 0. The number of rotatable bonds is 4. The molecule has 0 saturated carbocycles. The molecule has 2 aromatic rings. The Morgan fingerprint density at radius 2 is 1.48 bits per heavy atom. The van der Waals surface area contributed by atoms with E-state index in [1.54, 1.807) is 24.3 Å². The lowest BCUT2D eigenvalue weighted by Gasteiger charge is -2.08. The quantitative estimate of drug-likeness (QED) is 0.631. The number of halogens is 3. The standard InChI is InChI=1S/C16H12BrCl2N3O3/c17-9-1-3-10(4-2-9)21-14(23)8-20-15(24)16(25)22-11-5-6-12(18)13(19)7-11/h1-7H,8H2,(H,20,24)(H,21,23)(H,22,25). The first-order valence-corrected chi connectivity index (χ1v) is 8.49. The van der Waals surface area contributed by atoms with E-state index in [4.69, 9.17) is 23.2 Å². The summed E-state index contributed by atoms with van der Waals surface area (Å²) in [5.41, 5.74) is 0.886. The highest BCUT2D eigenvalue weighted by molar-refractivity contribution is 9.10. The Balaban J connectivity index is 1.82. The van der Waals surface area contributed by atoms with E-state index in [9.17, 15) is 14.4 Å². The average molecular weight is 445 g/mol. The summed E-state index contributed by atoms with van der Waals surface area (Å²) >= 11 is 14.9. The van der Waals surface area contributed by atoms with Crippen molar-refractivity contribution < 1.29 is 14.4 Å². The van der Waals surface area contributed by atoms with E-state index in [-0.39, 0.29) is 11.6 Å². The molecule has 0 atom stereocenters. The van der Waals surface area contributed by atoms with Crippen molar-refractivity contribution in [3.05, 3.63) is 57.0 Å². The van der Waals surface area contributed by atoms with Crippen LogP contribution in [0.4, 0.5) is 11.4 Å². The fourth-order valence-electron chi connectivity index (χ4n) is 1.74. The van der Waals surface area contributed by atoms with Gasteiger partial charge in [-0.1, -0.05) is 39.1 Å². The first-order valence-electron chi connectivity index (χ1n) is 6.95. The molecule has 0 heterocycles. The lowest BCUT2D eigenvalue weighted by Crippen LogP contribution is -2.39. The van der Waals surface area contributed by atoms with Crippen molar-refractivity contribution in [1.82, 2.24) is 5.32 Å². The molecule has 3 amide bonds. The molecular weight excluding hydrogens is 433 g/mol. The van der Waals surface area contributed by atoms with E-state index in [0.717, 1.165) is 4.47 Å². The monoisotopic (exact) mass is 443 g/mol. The van der Waals surface area contributed by atoms with Crippen LogP contribution in [0.2, 0.25) is 10.0 Å². The van der Waals surface area contributed by atoms with Crippen LogP contribution < -0.4 is 16.0 Å². The van der Waals surface area contributed by atoms with Crippen molar-refractivity contribution in [2.75, 3.05) is 17.2 Å². The van der Waals surface area contributed by atoms with Crippen LogP contribution in [0.5, 0.6) is 0 Å². The predicted octanol–water partition coefficient (Wildman–Crippen LogP) is 3.45. The van der Waals surface area contributed by atoms with Crippen LogP contribution in [0.15, 0.2) is 46.9 Å². The lowest BCUT2D eigenvalue weighted by atomic mass is 10.3. The van der Waals surface area contributed by atoms with Gasteiger partial charge in [-0.2, -0.15) is 0 Å². The Kier molecular flexibility index (Phi) is 6.81. The molecule has 130 valence electrons. The van der Waals surface area contributed by atoms with Crippen LogP contribution in [0.25, 0.3) is 0 Å². The Morgan fingerprint density at radius 1 is 0.840 bits per heavy atom. The number of anilines is 2. The molecule has 0 saturated heterocycles. The molecule has 0 aliphatic carbocycles. The van der Waals surface area contributed by atoms with Crippen LogP contribution in [-0.4, -0.2) is 24.3 Å². The minimum atomic E-state index is -0.947. The second-order valence-electron chi connectivity index (χ2n) is 4.82. The van der Waals surface area contributed by atoms with Crippen molar-refractivity contribution in [1.29, 1.82) is 0 Å². The molecule has 2 rings (SSSR count). The van der Waals surface area contributed by atoms with E-state index in [0.29, 0.717) is 16.4 Å². The number of hydrogen-bond donors (Lipinski definition) is 3. The highest BCUT2D eigenvalue weighted by Crippen LogP contribution is 2.24. The van der Waals surface area contributed by atoms with Gasteiger partial charge in [-0.05, 0) is 42.5 Å². The Hall–Kier alpha value is -2.09. The molecule has 2 aromatic carbocycles. The first kappa shape index (κ1) is 19.2. The maximum atomic E-state index is 11.8. The van der Waals surface area contributed by atoms with Gasteiger partial charge in [0.15, 0.2) is 0 Å². The van der Waals surface area contributed by atoms with Gasteiger partial charge in [0.05, 0.1) is 16.6 Å². The number of carbonyl (C=O) groups excluding carboxylic acids is 3.